The summed E-state index contributed by atoms with van der Waals surface area (Å²) in [5, 5.41) is 0.626. The third-order valence-corrected chi connectivity index (χ3v) is 2.50. The van der Waals surface area contributed by atoms with Crippen LogP contribution in [0.1, 0.15) is 12.5 Å². The van der Waals surface area contributed by atoms with Crippen LogP contribution in [0.15, 0.2) is 12.1 Å². The molecule has 0 atom stereocenters. The Labute approximate surface area is 100 Å². The maximum Gasteiger partial charge on any atom is 0.165 e. The maximum atomic E-state index is 6.10. The van der Waals surface area contributed by atoms with E-state index in [2.05, 4.69) is 4.84 Å². The van der Waals surface area contributed by atoms with Gasteiger partial charge in [0.1, 0.15) is 0 Å². The molecule has 1 rings (SSSR count). The number of methoxy groups -OCH3 is 1. The van der Waals surface area contributed by atoms with Gasteiger partial charge in [-0.05, 0) is 19.1 Å². The van der Waals surface area contributed by atoms with E-state index in [0.29, 0.717) is 36.2 Å². The quantitative estimate of drug-likeness (QED) is 0.781. The van der Waals surface area contributed by atoms with Gasteiger partial charge in [-0.1, -0.05) is 11.6 Å². The van der Waals surface area contributed by atoms with Crippen LogP contribution >= 0.6 is 11.6 Å². The highest BCUT2D eigenvalue weighted by atomic mass is 35.5. The number of hydrogen-bond donors (Lipinski definition) is 1. The molecule has 0 amide bonds. The molecule has 1 aromatic rings. The molecule has 0 heterocycles. The van der Waals surface area contributed by atoms with Gasteiger partial charge in [0.2, 0.25) is 0 Å². The molecule has 0 aliphatic heterocycles. The highest BCUT2D eigenvalue weighted by molar-refractivity contribution is 6.31. The van der Waals surface area contributed by atoms with Crippen molar-refractivity contribution in [3.05, 3.63) is 22.7 Å². The first kappa shape index (κ1) is 13.1. The van der Waals surface area contributed by atoms with Gasteiger partial charge in [-0.3, -0.25) is 0 Å². The van der Waals surface area contributed by atoms with Crippen LogP contribution in [-0.4, -0.2) is 20.3 Å². The van der Waals surface area contributed by atoms with Gasteiger partial charge in [0.15, 0.2) is 11.5 Å². The molecule has 0 spiro atoms. The van der Waals surface area contributed by atoms with E-state index in [4.69, 9.17) is 27.0 Å². The van der Waals surface area contributed by atoms with Crippen LogP contribution in [-0.2, 0) is 11.3 Å². The van der Waals surface area contributed by atoms with Gasteiger partial charge in [-0.25, -0.2) is 5.90 Å². The molecule has 5 heteroatoms. The van der Waals surface area contributed by atoms with Crippen molar-refractivity contribution in [3.63, 3.8) is 0 Å². The molecule has 16 heavy (non-hydrogen) atoms. The summed E-state index contributed by atoms with van der Waals surface area (Å²) in [4.78, 5) is 4.55. The smallest absolute Gasteiger partial charge is 0.165 e. The Bertz CT molecular complexity index is 344. The Balaban J connectivity index is 3.08. The third kappa shape index (κ3) is 3.01. The maximum absolute atomic E-state index is 6.10. The molecule has 0 fully saturated rings. The molecule has 2 N–H and O–H groups in total. The van der Waals surface area contributed by atoms with E-state index in [0.717, 1.165) is 5.56 Å². The lowest BCUT2D eigenvalue weighted by Crippen LogP contribution is -2.07. The van der Waals surface area contributed by atoms with Gasteiger partial charge in [-0.2, -0.15) is 0 Å². The van der Waals surface area contributed by atoms with E-state index < -0.39 is 0 Å². The average Bonchev–Trinajstić information content (AvgIpc) is 2.29. The number of hydrogen-bond acceptors (Lipinski definition) is 4. The van der Waals surface area contributed by atoms with Crippen molar-refractivity contribution in [2.24, 2.45) is 5.90 Å². The van der Waals surface area contributed by atoms with Crippen LogP contribution in [0, 0.1) is 0 Å². The summed E-state index contributed by atoms with van der Waals surface area (Å²) in [5.41, 5.74) is 0.855. The predicted octanol–water partition coefficient (Wildman–Crippen LogP) is 2.18. The Morgan fingerprint density at radius 2 is 2.12 bits per heavy atom. The van der Waals surface area contributed by atoms with Gasteiger partial charge in [0.25, 0.3) is 0 Å². The lowest BCUT2D eigenvalue weighted by atomic mass is 10.1. The van der Waals surface area contributed by atoms with Crippen LogP contribution in [0.3, 0.4) is 0 Å². The minimum atomic E-state index is 0.382. The van der Waals surface area contributed by atoms with Crippen molar-refractivity contribution in [1.82, 2.24) is 0 Å². The SMILES string of the molecule is CCOc1c(OC)ccc(Cl)c1CCON. The molecule has 0 aromatic heterocycles. The van der Waals surface area contributed by atoms with E-state index in [-0.39, 0.29) is 0 Å². The van der Waals surface area contributed by atoms with Gasteiger partial charge in [-0.15, -0.1) is 0 Å². The standard InChI is InChI=1S/C11H16ClNO3/c1-3-15-11-8(6-7-16-13)9(12)4-5-10(11)14-2/h4-5H,3,6-7,13H2,1-2H3. The lowest BCUT2D eigenvalue weighted by Gasteiger charge is -2.15. The molecule has 0 radical (unpaired) electrons. The van der Waals surface area contributed by atoms with Crippen LogP contribution < -0.4 is 15.4 Å². The van der Waals surface area contributed by atoms with Gasteiger partial charge in [0, 0.05) is 17.0 Å². The monoisotopic (exact) mass is 245 g/mol. The summed E-state index contributed by atoms with van der Waals surface area (Å²) in [5.74, 6) is 6.33. The second-order valence-corrected chi connectivity index (χ2v) is 3.52. The number of rotatable bonds is 6. The molecular formula is C11H16ClNO3. The van der Waals surface area contributed by atoms with Crippen LogP contribution in [0.2, 0.25) is 5.02 Å². The topological polar surface area (TPSA) is 53.7 Å². The summed E-state index contributed by atoms with van der Waals surface area (Å²) < 4.78 is 10.7. The predicted molar refractivity (Wildman–Crippen MR) is 63.0 cm³/mol. The van der Waals surface area contributed by atoms with Crippen molar-refractivity contribution in [3.8, 4) is 11.5 Å². The Morgan fingerprint density at radius 3 is 2.69 bits per heavy atom. The zero-order valence-corrected chi connectivity index (χ0v) is 10.2. The van der Waals surface area contributed by atoms with Crippen LogP contribution in [0.25, 0.3) is 0 Å². The number of halogens is 1. The van der Waals surface area contributed by atoms with Gasteiger partial charge in [0.05, 0.1) is 20.3 Å². The Hall–Kier alpha value is -0.970. The highest BCUT2D eigenvalue weighted by Gasteiger charge is 2.14. The van der Waals surface area contributed by atoms with Crippen molar-refractivity contribution >= 4 is 11.6 Å². The van der Waals surface area contributed by atoms with E-state index in [1.165, 1.54) is 0 Å². The average molecular weight is 246 g/mol. The Morgan fingerprint density at radius 1 is 1.38 bits per heavy atom. The molecule has 0 bridgehead atoms. The lowest BCUT2D eigenvalue weighted by molar-refractivity contribution is 0.140. The largest absolute Gasteiger partial charge is 0.493 e. The fraction of sp³-hybridized carbons (Fsp3) is 0.455. The minimum absolute atomic E-state index is 0.382. The van der Waals surface area contributed by atoms with Crippen molar-refractivity contribution in [2.45, 2.75) is 13.3 Å². The molecule has 0 aliphatic rings. The summed E-state index contributed by atoms with van der Waals surface area (Å²) >= 11 is 6.10. The van der Waals surface area contributed by atoms with Crippen molar-refractivity contribution in [1.29, 1.82) is 0 Å². The molecule has 4 nitrogen and oxygen atoms in total. The normalized spacial score (nSPS) is 10.2. The van der Waals surface area contributed by atoms with Crippen molar-refractivity contribution in [2.75, 3.05) is 20.3 Å². The van der Waals surface area contributed by atoms with E-state index in [9.17, 15) is 0 Å². The second kappa shape index (κ2) is 6.58. The van der Waals surface area contributed by atoms with Crippen LogP contribution in [0.4, 0.5) is 0 Å². The Kier molecular flexibility index (Phi) is 5.38. The number of ether oxygens (including phenoxy) is 2. The third-order valence-electron chi connectivity index (χ3n) is 2.15. The number of nitrogens with two attached hydrogens (primary N) is 1. The highest BCUT2D eigenvalue weighted by Crippen LogP contribution is 2.36. The first-order valence-electron chi connectivity index (χ1n) is 5.04. The second-order valence-electron chi connectivity index (χ2n) is 3.11. The zero-order valence-electron chi connectivity index (χ0n) is 9.46. The first-order valence-corrected chi connectivity index (χ1v) is 5.42. The first-order chi connectivity index (χ1) is 7.74. The van der Waals surface area contributed by atoms with Gasteiger partial charge < -0.3 is 14.3 Å². The molecule has 1 aromatic carbocycles. The zero-order chi connectivity index (χ0) is 12.0. The van der Waals surface area contributed by atoms with Crippen molar-refractivity contribution < 1.29 is 14.3 Å². The molecule has 0 saturated heterocycles. The molecule has 0 unspecified atom stereocenters. The summed E-state index contributed by atoms with van der Waals surface area (Å²) in [6.45, 7) is 2.84. The molecule has 0 aliphatic carbocycles. The molecular weight excluding hydrogens is 230 g/mol. The summed E-state index contributed by atoms with van der Waals surface area (Å²) in [6, 6.07) is 3.55. The van der Waals surface area contributed by atoms with Gasteiger partial charge >= 0.3 is 0 Å². The summed E-state index contributed by atoms with van der Waals surface area (Å²) in [6.07, 6.45) is 0.585. The fourth-order valence-corrected chi connectivity index (χ4v) is 1.68. The molecule has 0 saturated carbocycles. The molecule has 90 valence electrons. The fourth-order valence-electron chi connectivity index (χ4n) is 1.44. The van der Waals surface area contributed by atoms with E-state index >= 15 is 0 Å². The summed E-state index contributed by atoms with van der Waals surface area (Å²) in [7, 11) is 1.59. The van der Waals surface area contributed by atoms with E-state index in [1.807, 2.05) is 6.92 Å². The minimum Gasteiger partial charge on any atom is -0.493 e. The van der Waals surface area contributed by atoms with E-state index in [1.54, 1.807) is 19.2 Å². The van der Waals surface area contributed by atoms with Crippen LogP contribution in [0.5, 0.6) is 11.5 Å². The number of benzene rings is 1.